The second kappa shape index (κ2) is 4.23. The van der Waals surface area contributed by atoms with Gasteiger partial charge in [-0.15, -0.1) is 0 Å². The lowest BCUT2D eigenvalue weighted by molar-refractivity contribution is -0.0348. The molecule has 2 N–H and O–H groups in total. The van der Waals surface area contributed by atoms with Crippen LogP contribution in [-0.4, -0.2) is 16.8 Å². The van der Waals surface area contributed by atoms with E-state index in [1.165, 1.54) is 32.1 Å². The number of hydrogen-bond acceptors (Lipinski definition) is 2. The predicted octanol–water partition coefficient (Wildman–Crippen LogP) is 1.89. The van der Waals surface area contributed by atoms with Gasteiger partial charge >= 0.3 is 0 Å². The first-order valence-corrected chi connectivity index (χ1v) is 7.69. The number of aromatic nitrogens is 2. The van der Waals surface area contributed by atoms with Crippen LogP contribution in [0.1, 0.15) is 43.7 Å². The molecular weight excluding hydrogens is 238 g/mol. The Morgan fingerprint density at radius 2 is 1.84 bits per heavy atom. The molecule has 4 heteroatoms. The number of hydrogen-bond donors (Lipinski definition) is 2. The van der Waals surface area contributed by atoms with Crippen LogP contribution in [0.4, 0.5) is 0 Å². The van der Waals surface area contributed by atoms with E-state index in [0.717, 1.165) is 29.2 Å². The van der Waals surface area contributed by atoms with Crippen molar-refractivity contribution in [3.8, 4) is 0 Å². The fourth-order valence-corrected chi connectivity index (χ4v) is 5.28. The Morgan fingerprint density at radius 3 is 2.42 bits per heavy atom. The zero-order chi connectivity index (χ0) is 13.0. The largest absolute Gasteiger partial charge is 0.315 e. The number of H-pyrrole nitrogens is 1. The standard InChI is InChI=1S/C15H23N3O/c1-16-7-13-8-17-18(15(13)19)14-11-3-9-2-10(5-11)6-12(14)4-9/h8-12,14,16-17H,2-7H2,1H3. The second-order valence-corrected chi connectivity index (χ2v) is 6.93. The molecule has 0 aliphatic heterocycles. The van der Waals surface area contributed by atoms with Crippen molar-refractivity contribution in [2.45, 2.75) is 44.7 Å². The Hall–Kier alpha value is -1.03. The normalized spacial score (nSPS) is 39.9. The van der Waals surface area contributed by atoms with Crippen molar-refractivity contribution in [1.82, 2.24) is 15.1 Å². The maximum absolute atomic E-state index is 12.5. The van der Waals surface area contributed by atoms with E-state index >= 15 is 0 Å². The minimum Gasteiger partial charge on any atom is -0.315 e. The maximum Gasteiger partial charge on any atom is 0.271 e. The quantitative estimate of drug-likeness (QED) is 0.873. The summed E-state index contributed by atoms with van der Waals surface area (Å²) in [5.74, 6) is 3.41. The molecule has 4 aliphatic carbocycles. The van der Waals surface area contributed by atoms with Crippen LogP contribution in [0.15, 0.2) is 11.0 Å². The van der Waals surface area contributed by atoms with Gasteiger partial charge in [0, 0.05) is 12.7 Å². The van der Waals surface area contributed by atoms with Crippen LogP contribution >= 0.6 is 0 Å². The molecule has 0 radical (unpaired) electrons. The summed E-state index contributed by atoms with van der Waals surface area (Å²) in [6, 6.07) is 0.450. The van der Waals surface area contributed by atoms with Gasteiger partial charge in [-0.2, -0.15) is 0 Å². The Bertz CT molecular complexity index is 502. The van der Waals surface area contributed by atoms with Crippen LogP contribution in [0.3, 0.4) is 0 Å². The summed E-state index contributed by atoms with van der Waals surface area (Å²) in [4.78, 5) is 12.5. The van der Waals surface area contributed by atoms with Gasteiger partial charge in [0.25, 0.3) is 5.56 Å². The molecule has 0 amide bonds. The molecule has 0 spiro atoms. The van der Waals surface area contributed by atoms with E-state index in [2.05, 4.69) is 10.4 Å². The van der Waals surface area contributed by atoms with E-state index in [-0.39, 0.29) is 5.56 Å². The molecule has 1 aromatic heterocycles. The maximum atomic E-state index is 12.5. The topological polar surface area (TPSA) is 49.8 Å². The lowest BCUT2D eigenvalue weighted by Gasteiger charge is -2.54. The van der Waals surface area contributed by atoms with Crippen molar-refractivity contribution in [2.24, 2.45) is 23.7 Å². The van der Waals surface area contributed by atoms with Gasteiger partial charge < -0.3 is 10.4 Å². The molecule has 0 aromatic carbocycles. The highest BCUT2D eigenvalue weighted by molar-refractivity contribution is 5.08. The van der Waals surface area contributed by atoms with Crippen LogP contribution in [0.5, 0.6) is 0 Å². The van der Waals surface area contributed by atoms with Crippen molar-refractivity contribution in [1.29, 1.82) is 0 Å². The molecule has 4 saturated carbocycles. The van der Waals surface area contributed by atoms with Crippen molar-refractivity contribution >= 4 is 0 Å². The molecule has 4 bridgehead atoms. The van der Waals surface area contributed by atoms with Gasteiger partial charge in [0.2, 0.25) is 0 Å². The van der Waals surface area contributed by atoms with Crippen molar-refractivity contribution in [2.75, 3.05) is 7.05 Å². The summed E-state index contributed by atoms with van der Waals surface area (Å²) in [5.41, 5.74) is 1.07. The Morgan fingerprint density at radius 1 is 1.21 bits per heavy atom. The highest BCUT2D eigenvalue weighted by Gasteiger charge is 2.49. The van der Waals surface area contributed by atoms with Gasteiger partial charge in [0.1, 0.15) is 0 Å². The minimum atomic E-state index is 0.201. The van der Waals surface area contributed by atoms with Gasteiger partial charge in [-0.3, -0.25) is 4.79 Å². The minimum absolute atomic E-state index is 0.201. The van der Waals surface area contributed by atoms with Gasteiger partial charge in [0.05, 0.1) is 11.6 Å². The van der Waals surface area contributed by atoms with E-state index in [0.29, 0.717) is 12.6 Å². The zero-order valence-corrected chi connectivity index (χ0v) is 11.6. The van der Waals surface area contributed by atoms with Crippen LogP contribution in [0, 0.1) is 23.7 Å². The lowest BCUT2D eigenvalue weighted by Crippen LogP contribution is -2.48. The third-order valence-electron chi connectivity index (χ3n) is 5.71. The molecule has 1 heterocycles. The summed E-state index contributed by atoms with van der Waals surface area (Å²) in [7, 11) is 1.89. The first-order valence-electron chi connectivity index (χ1n) is 7.69. The lowest BCUT2D eigenvalue weighted by atomic mass is 9.54. The van der Waals surface area contributed by atoms with E-state index in [9.17, 15) is 4.79 Å². The second-order valence-electron chi connectivity index (χ2n) is 6.93. The summed E-state index contributed by atoms with van der Waals surface area (Å²) in [5, 5.41) is 6.32. The molecule has 104 valence electrons. The molecule has 4 fully saturated rings. The van der Waals surface area contributed by atoms with Crippen molar-refractivity contribution < 1.29 is 0 Å². The highest BCUT2D eigenvalue weighted by atomic mass is 16.1. The first-order chi connectivity index (χ1) is 9.26. The van der Waals surface area contributed by atoms with Gasteiger partial charge in [-0.1, -0.05) is 0 Å². The first kappa shape index (κ1) is 11.8. The van der Waals surface area contributed by atoms with Gasteiger partial charge in [-0.25, -0.2) is 4.68 Å². The summed E-state index contributed by atoms with van der Waals surface area (Å²) in [6.07, 6.45) is 8.76. The monoisotopic (exact) mass is 261 g/mol. The molecular formula is C15H23N3O. The van der Waals surface area contributed by atoms with Crippen LogP contribution in [-0.2, 0) is 6.54 Å². The van der Waals surface area contributed by atoms with Crippen molar-refractivity contribution in [3.63, 3.8) is 0 Å². The third kappa shape index (κ3) is 1.72. The fraction of sp³-hybridized carbons (Fsp3) is 0.800. The Labute approximate surface area is 113 Å². The van der Waals surface area contributed by atoms with Crippen LogP contribution in [0.25, 0.3) is 0 Å². The van der Waals surface area contributed by atoms with E-state index in [1.54, 1.807) is 0 Å². The van der Waals surface area contributed by atoms with E-state index in [4.69, 9.17) is 0 Å². The number of nitrogens with zero attached hydrogens (tertiary/aromatic N) is 1. The number of rotatable bonds is 3. The average molecular weight is 261 g/mol. The molecule has 1 aromatic rings. The molecule has 0 unspecified atom stereocenters. The van der Waals surface area contributed by atoms with Gasteiger partial charge in [0.15, 0.2) is 0 Å². The molecule has 4 nitrogen and oxygen atoms in total. The zero-order valence-electron chi connectivity index (χ0n) is 11.6. The van der Waals surface area contributed by atoms with E-state index in [1.807, 2.05) is 17.9 Å². The SMILES string of the molecule is CNCc1c[nH]n(C2C3CC4CC(C3)CC2C4)c1=O. The Balaban J connectivity index is 1.67. The number of aromatic amines is 1. The predicted molar refractivity (Wildman–Crippen MR) is 73.9 cm³/mol. The van der Waals surface area contributed by atoms with Crippen LogP contribution < -0.4 is 10.9 Å². The summed E-state index contributed by atoms with van der Waals surface area (Å²) < 4.78 is 1.96. The number of nitrogens with one attached hydrogen (secondary N) is 2. The Kier molecular flexibility index (Phi) is 2.62. The molecule has 19 heavy (non-hydrogen) atoms. The molecule has 5 rings (SSSR count). The smallest absolute Gasteiger partial charge is 0.271 e. The van der Waals surface area contributed by atoms with Gasteiger partial charge in [-0.05, 0) is 62.8 Å². The summed E-state index contributed by atoms with van der Waals surface area (Å²) in [6.45, 7) is 0.662. The van der Waals surface area contributed by atoms with Crippen molar-refractivity contribution in [3.05, 3.63) is 22.1 Å². The highest BCUT2D eigenvalue weighted by Crippen LogP contribution is 2.57. The molecule has 0 saturated heterocycles. The average Bonchev–Trinajstić information content (AvgIpc) is 2.71. The van der Waals surface area contributed by atoms with Crippen LogP contribution in [0.2, 0.25) is 0 Å². The third-order valence-corrected chi connectivity index (χ3v) is 5.71. The van der Waals surface area contributed by atoms with E-state index < -0.39 is 0 Å². The fourth-order valence-electron chi connectivity index (χ4n) is 5.28. The molecule has 0 atom stereocenters. The molecule has 4 aliphatic rings. The summed E-state index contributed by atoms with van der Waals surface area (Å²) >= 11 is 0.